The number of hydrogen-bond acceptors (Lipinski definition) is 7. The Labute approximate surface area is 177 Å². The van der Waals surface area contributed by atoms with Crippen LogP contribution in [-0.4, -0.2) is 52.4 Å². The van der Waals surface area contributed by atoms with Gasteiger partial charge in [0, 0.05) is 26.2 Å². The standard InChI is InChI=1S/C22H31N3O5/c1-15-19-7-8-25(12-17(26)9-24-21(27)30-22(2,3)4)11-16(19)5-6-20(15)28-13-18-10-23-14-29-18/h5-6,10,14,17,26H,7-9,11-13H2,1-4H3,(H,24,27)/t17-/m0/s1. The van der Waals surface area contributed by atoms with E-state index in [2.05, 4.69) is 28.2 Å². The molecule has 1 atom stereocenters. The third kappa shape index (κ3) is 6.21. The molecule has 2 heterocycles. The smallest absolute Gasteiger partial charge is 0.407 e. The predicted octanol–water partition coefficient (Wildman–Crippen LogP) is 2.81. The van der Waals surface area contributed by atoms with Crippen molar-refractivity contribution in [3.63, 3.8) is 0 Å². The molecule has 1 aliphatic heterocycles. The number of ether oxygens (including phenoxy) is 2. The molecule has 164 valence electrons. The second kappa shape index (κ2) is 9.49. The number of nitrogens with zero attached hydrogens (tertiary/aromatic N) is 2. The lowest BCUT2D eigenvalue weighted by Gasteiger charge is -2.31. The van der Waals surface area contributed by atoms with Crippen LogP contribution in [0.4, 0.5) is 4.79 Å². The summed E-state index contributed by atoms with van der Waals surface area (Å²) in [6.45, 7) is 10.1. The fourth-order valence-electron chi connectivity index (χ4n) is 3.53. The zero-order valence-electron chi connectivity index (χ0n) is 18.1. The first-order valence-corrected chi connectivity index (χ1v) is 10.2. The van der Waals surface area contributed by atoms with Crippen LogP contribution in [0.3, 0.4) is 0 Å². The lowest BCUT2D eigenvalue weighted by atomic mass is 9.94. The monoisotopic (exact) mass is 417 g/mol. The van der Waals surface area contributed by atoms with Crippen molar-refractivity contribution in [2.24, 2.45) is 0 Å². The van der Waals surface area contributed by atoms with E-state index < -0.39 is 17.8 Å². The highest BCUT2D eigenvalue weighted by molar-refractivity contribution is 5.67. The van der Waals surface area contributed by atoms with Crippen LogP contribution in [-0.2, 0) is 24.3 Å². The number of aliphatic hydroxyl groups is 1. The molecule has 30 heavy (non-hydrogen) atoms. The maximum absolute atomic E-state index is 11.7. The predicted molar refractivity (Wildman–Crippen MR) is 111 cm³/mol. The van der Waals surface area contributed by atoms with E-state index in [1.807, 2.05) is 6.07 Å². The van der Waals surface area contributed by atoms with Gasteiger partial charge in [-0.2, -0.15) is 0 Å². The van der Waals surface area contributed by atoms with E-state index in [9.17, 15) is 9.90 Å². The minimum absolute atomic E-state index is 0.158. The van der Waals surface area contributed by atoms with Crippen molar-refractivity contribution in [1.82, 2.24) is 15.2 Å². The lowest BCUT2D eigenvalue weighted by molar-refractivity contribution is 0.0464. The number of β-amino-alcohol motifs (C(OH)–C–C–N with tert-alkyl or cyclic N) is 1. The number of nitrogens with one attached hydrogen (secondary N) is 1. The maximum Gasteiger partial charge on any atom is 0.407 e. The van der Waals surface area contributed by atoms with Crippen LogP contribution < -0.4 is 10.1 Å². The number of rotatable bonds is 7. The van der Waals surface area contributed by atoms with Crippen LogP contribution in [0.15, 0.2) is 29.1 Å². The first kappa shape index (κ1) is 22.1. The van der Waals surface area contributed by atoms with Crippen molar-refractivity contribution in [3.8, 4) is 5.75 Å². The van der Waals surface area contributed by atoms with Crippen molar-refractivity contribution in [1.29, 1.82) is 0 Å². The molecule has 2 aromatic rings. The molecule has 1 amide bonds. The zero-order chi connectivity index (χ0) is 21.7. The Balaban J connectivity index is 1.50. The van der Waals surface area contributed by atoms with Crippen LogP contribution >= 0.6 is 0 Å². The first-order valence-electron chi connectivity index (χ1n) is 10.2. The number of oxazole rings is 1. The molecule has 0 saturated carbocycles. The molecule has 8 heteroatoms. The SMILES string of the molecule is Cc1c(OCc2cnco2)ccc2c1CCN(C[C@@H](O)CNC(=O)OC(C)(C)C)C2. The normalized spacial score (nSPS) is 15.4. The molecule has 0 unspecified atom stereocenters. The molecule has 0 aliphatic carbocycles. The third-order valence-corrected chi connectivity index (χ3v) is 4.92. The van der Waals surface area contributed by atoms with Gasteiger partial charge in [0.25, 0.3) is 0 Å². The van der Waals surface area contributed by atoms with Gasteiger partial charge in [0.05, 0.1) is 12.3 Å². The molecule has 1 aromatic heterocycles. The summed E-state index contributed by atoms with van der Waals surface area (Å²) in [4.78, 5) is 17.8. The van der Waals surface area contributed by atoms with Crippen molar-refractivity contribution < 1.29 is 23.8 Å². The maximum atomic E-state index is 11.7. The third-order valence-electron chi connectivity index (χ3n) is 4.92. The molecule has 0 fully saturated rings. The van der Waals surface area contributed by atoms with Crippen molar-refractivity contribution in [2.45, 2.75) is 59.0 Å². The number of hydrogen-bond donors (Lipinski definition) is 2. The largest absolute Gasteiger partial charge is 0.485 e. The summed E-state index contributed by atoms with van der Waals surface area (Å²) in [5, 5.41) is 12.9. The molecule has 3 rings (SSSR count). The van der Waals surface area contributed by atoms with Gasteiger partial charge >= 0.3 is 6.09 Å². The second-order valence-electron chi connectivity index (χ2n) is 8.60. The number of fused-ring (bicyclic) bond motifs is 1. The lowest BCUT2D eigenvalue weighted by Crippen LogP contribution is -2.43. The molecular weight excluding hydrogens is 386 g/mol. The second-order valence-corrected chi connectivity index (χ2v) is 8.60. The van der Waals surface area contributed by atoms with Gasteiger partial charge in [-0.15, -0.1) is 0 Å². The summed E-state index contributed by atoms with van der Waals surface area (Å²) in [7, 11) is 0. The Kier molecular flexibility index (Phi) is 6.99. The van der Waals surface area contributed by atoms with Gasteiger partial charge in [0.15, 0.2) is 12.2 Å². The molecule has 0 saturated heterocycles. The van der Waals surface area contributed by atoms with Crippen molar-refractivity contribution in [3.05, 3.63) is 47.2 Å². The molecule has 8 nitrogen and oxygen atoms in total. The average Bonchev–Trinajstić information content (AvgIpc) is 3.18. The van der Waals surface area contributed by atoms with E-state index in [-0.39, 0.29) is 6.54 Å². The number of amides is 1. The summed E-state index contributed by atoms with van der Waals surface area (Å²) >= 11 is 0. The number of benzene rings is 1. The van der Waals surface area contributed by atoms with E-state index >= 15 is 0 Å². The van der Waals surface area contributed by atoms with Crippen molar-refractivity contribution in [2.75, 3.05) is 19.6 Å². The highest BCUT2D eigenvalue weighted by atomic mass is 16.6. The van der Waals surface area contributed by atoms with Crippen LogP contribution in [0.5, 0.6) is 5.75 Å². The summed E-state index contributed by atoms with van der Waals surface area (Å²) < 4.78 is 16.3. The number of carbonyl (C=O) groups is 1. The van der Waals surface area contributed by atoms with Gasteiger partial charge in [0.2, 0.25) is 0 Å². The molecule has 0 bridgehead atoms. The Morgan fingerprint density at radius 3 is 2.90 bits per heavy atom. The number of carbonyl (C=O) groups excluding carboxylic acids is 1. The van der Waals surface area contributed by atoms with Crippen LogP contribution in [0, 0.1) is 6.92 Å². The van der Waals surface area contributed by atoms with E-state index in [0.717, 1.165) is 30.8 Å². The van der Waals surface area contributed by atoms with Crippen LogP contribution in [0.2, 0.25) is 0 Å². The Morgan fingerprint density at radius 1 is 1.40 bits per heavy atom. The highest BCUT2D eigenvalue weighted by Crippen LogP contribution is 2.29. The average molecular weight is 418 g/mol. The topological polar surface area (TPSA) is 97.1 Å². The fraction of sp³-hybridized carbons (Fsp3) is 0.545. The number of aliphatic hydroxyl groups excluding tert-OH is 1. The summed E-state index contributed by atoms with van der Waals surface area (Å²) in [6, 6.07) is 4.06. The van der Waals surface area contributed by atoms with E-state index in [1.54, 1.807) is 27.0 Å². The molecule has 0 radical (unpaired) electrons. The van der Waals surface area contributed by atoms with Gasteiger partial charge in [-0.05, 0) is 56.9 Å². The van der Waals surface area contributed by atoms with Gasteiger partial charge < -0.3 is 24.3 Å². The van der Waals surface area contributed by atoms with Gasteiger partial charge in [0.1, 0.15) is 18.0 Å². The number of alkyl carbamates (subject to hydrolysis) is 1. The first-order chi connectivity index (χ1) is 14.2. The van der Waals surface area contributed by atoms with Crippen molar-refractivity contribution >= 4 is 6.09 Å². The summed E-state index contributed by atoms with van der Waals surface area (Å²) in [5.74, 6) is 1.53. The molecule has 0 spiro atoms. The van der Waals surface area contributed by atoms with E-state index in [0.29, 0.717) is 18.9 Å². The van der Waals surface area contributed by atoms with Gasteiger partial charge in [-0.3, -0.25) is 4.90 Å². The van der Waals surface area contributed by atoms with Crippen LogP contribution in [0.1, 0.15) is 43.2 Å². The molecular formula is C22H31N3O5. The fourth-order valence-corrected chi connectivity index (χ4v) is 3.53. The molecule has 1 aliphatic rings. The Hall–Kier alpha value is -2.58. The zero-order valence-corrected chi connectivity index (χ0v) is 18.1. The Bertz CT molecular complexity index is 845. The minimum atomic E-state index is -0.662. The number of aromatic nitrogens is 1. The quantitative estimate of drug-likeness (QED) is 0.715. The van der Waals surface area contributed by atoms with Crippen LogP contribution in [0.25, 0.3) is 0 Å². The minimum Gasteiger partial charge on any atom is -0.485 e. The molecule has 1 aromatic carbocycles. The Morgan fingerprint density at radius 2 is 2.20 bits per heavy atom. The summed E-state index contributed by atoms with van der Waals surface area (Å²) in [5.41, 5.74) is 3.11. The van der Waals surface area contributed by atoms with E-state index in [1.165, 1.54) is 17.5 Å². The summed E-state index contributed by atoms with van der Waals surface area (Å²) in [6.07, 6.45) is 2.75. The highest BCUT2D eigenvalue weighted by Gasteiger charge is 2.22. The van der Waals surface area contributed by atoms with E-state index in [4.69, 9.17) is 13.9 Å². The van der Waals surface area contributed by atoms with Gasteiger partial charge in [-0.1, -0.05) is 6.07 Å². The van der Waals surface area contributed by atoms with Gasteiger partial charge in [-0.25, -0.2) is 9.78 Å². The molecule has 2 N–H and O–H groups in total.